The largest absolute Gasteiger partial charge is 0.286 e. The number of fused-ring (bicyclic) bond motifs is 3. The van der Waals surface area contributed by atoms with E-state index < -0.39 is 0 Å². The van der Waals surface area contributed by atoms with Gasteiger partial charge in [-0.05, 0) is 68.7 Å². The first kappa shape index (κ1) is 14.9. The highest BCUT2D eigenvalue weighted by Crippen LogP contribution is 2.35. The Balaban J connectivity index is 2.29. The predicted molar refractivity (Wildman–Crippen MR) is 101 cm³/mol. The van der Waals surface area contributed by atoms with Gasteiger partial charge >= 0.3 is 0 Å². The highest BCUT2D eigenvalue weighted by Gasteiger charge is 2.23. The zero-order valence-electron chi connectivity index (χ0n) is 15.0. The summed E-state index contributed by atoms with van der Waals surface area (Å²) in [5, 5.41) is 2.66. The van der Waals surface area contributed by atoms with Crippen LogP contribution in [0.2, 0.25) is 0 Å². The molecule has 2 aromatic carbocycles. The Morgan fingerprint density at radius 2 is 1.58 bits per heavy atom. The topological polar surface area (TPSA) is 8.81 Å². The number of nitrogens with zero attached hydrogens (tertiary/aromatic N) is 2. The summed E-state index contributed by atoms with van der Waals surface area (Å²) in [6.07, 6.45) is 2.14. The summed E-state index contributed by atoms with van der Waals surface area (Å²) in [5.41, 5.74) is 7.96. The number of aromatic nitrogens is 2. The zero-order chi connectivity index (χ0) is 17.0. The van der Waals surface area contributed by atoms with Crippen LogP contribution in [0, 0.1) is 27.7 Å². The molecule has 2 heteroatoms. The van der Waals surface area contributed by atoms with Crippen LogP contribution in [0.1, 0.15) is 22.3 Å². The van der Waals surface area contributed by atoms with Gasteiger partial charge in [-0.2, -0.15) is 4.57 Å². The molecule has 4 rings (SSSR count). The second kappa shape index (κ2) is 5.20. The van der Waals surface area contributed by atoms with Gasteiger partial charge in [-0.1, -0.05) is 12.1 Å². The fourth-order valence-corrected chi connectivity index (χ4v) is 3.70. The Kier molecular flexibility index (Phi) is 3.24. The smallest absolute Gasteiger partial charge is 0.237 e. The van der Waals surface area contributed by atoms with Gasteiger partial charge in [0, 0.05) is 22.4 Å². The van der Waals surface area contributed by atoms with Gasteiger partial charge in [0.25, 0.3) is 5.82 Å². The van der Waals surface area contributed by atoms with Crippen LogP contribution in [0.5, 0.6) is 0 Å². The summed E-state index contributed by atoms with van der Waals surface area (Å²) in [6.45, 7) is 8.83. The molecule has 4 aromatic rings. The average molecular weight is 315 g/mol. The molecule has 2 nitrogen and oxygen atoms in total. The Labute approximate surface area is 143 Å². The molecule has 0 aliphatic carbocycles. The van der Waals surface area contributed by atoms with E-state index in [0.717, 1.165) is 0 Å². The normalized spacial score (nSPS) is 11.5. The van der Waals surface area contributed by atoms with Crippen molar-refractivity contribution in [2.24, 2.45) is 7.05 Å². The van der Waals surface area contributed by atoms with E-state index in [9.17, 15) is 0 Å². The third kappa shape index (κ3) is 1.99. The maximum atomic E-state index is 2.42. The first-order valence-corrected chi connectivity index (χ1v) is 8.45. The summed E-state index contributed by atoms with van der Waals surface area (Å²) >= 11 is 0. The number of aryl methyl sites for hydroxylation is 4. The van der Waals surface area contributed by atoms with E-state index in [2.05, 4.69) is 92.5 Å². The van der Waals surface area contributed by atoms with Crippen LogP contribution in [-0.2, 0) is 7.05 Å². The summed E-state index contributed by atoms with van der Waals surface area (Å²) in [5.74, 6) is 1.20. The number of hydrogen-bond acceptors (Lipinski definition) is 0. The summed E-state index contributed by atoms with van der Waals surface area (Å²) in [4.78, 5) is 0. The lowest BCUT2D eigenvalue weighted by Gasteiger charge is -2.09. The SMILES string of the molecule is Cc1cc[n+](C)c(-n2c3ccccc3c3cc(C)c(C)c(C)c32)c1. The maximum Gasteiger partial charge on any atom is 0.286 e. The van der Waals surface area contributed by atoms with Crippen molar-refractivity contribution in [3.8, 4) is 5.82 Å². The van der Waals surface area contributed by atoms with Gasteiger partial charge in [0.15, 0.2) is 0 Å². The lowest BCUT2D eigenvalue weighted by Crippen LogP contribution is -2.33. The van der Waals surface area contributed by atoms with Crippen molar-refractivity contribution in [2.75, 3.05) is 0 Å². The van der Waals surface area contributed by atoms with E-state index in [-0.39, 0.29) is 0 Å². The molecule has 0 unspecified atom stereocenters. The van der Waals surface area contributed by atoms with Crippen molar-refractivity contribution in [1.29, 1.82) is 0 Å². The van der Waals surface area contributed by atoms with E-state index in [1.54, 1.807) is 0 Å². The van der Waals surface area contributed by atoms with E-state index in [0.29, 0.717) is 0 Å². The number of para-hydroxylation sites is 1. The molecule has 2 heterocycles. The van der Waals surface area contributed by atoms with Gasteiger partial charge < -0.3 is 0 Å². The van der Waals surface area contributed by atoms with E-state index in [1.807, 2.05) is 0 Å². The molecule has 0 radical (unpaired) electrons. The summed E-state index contributed by atoms with van der Waals surface area (Å²) in [6, 6.07) is 15.5. The molecular formula is C22H23N2+. The number of benzene rings is 2. The Morgan fingerprint density at radius 1 is 0.833 bits per heavy atom. The molecular weight excluding hydrogens is 292 g/mol. The van der Waals surface area contributed by atoms with Gasteiger partial charge in [0.1, 0.15) is 11.0 Å². The van der Waals surface area contributed by atoms with E-state index in [1.165, 1.54) is 49.9 Å². The van der Waals surface area contributed by atoms with Gasteiger partial charge in [0.2, 0.25) is 0 Å². The first-order valence-electron chi connectivity index (χ1n) is 8.45. The molecule has 0 saturated carbocycles. The molecule has 0 atom stereocenters. The number of rotatable bonds is 1. The lowest BCUT2D eigenvalue weighted by molar-refractivity contribution is -0.665. The Morgan fingerprint density at radius 3 is 2.38 bits per heavy atom. The van der Waals surface area contributed by atoms with Crippen molar-refractivity contribution < 1.29 is 4.57 Å². The molecule has 0 aliphatic rings. The average Bonchev–Trinajstić information content (AvgIpc) is 2.89. The third-order valence-corrected chi connectivity index (χ3v) is 5.29. The first-order chi connectivity index (χ1) is 11.5. The monoisotopic (exact) mass is 315 g/mol. The van der Waals surface area contributed by atoms with Gasteiger partial charge in [-0.15, -0.1) is 0 Å². The van der Waals surface area contributed by atoms with Crippen LogP contribution in [0.25, 0.3) is 27.6 Å². The minimum Gasteiger partial charge on any atom is -0.237 e. The molecule has 24 heavy (non-hydrogen) atoms. The van der Waals surface area contributed by atoms with Crippen LogP contribution in [-0.4, -0.2) is 4.57 Å². The van der Waals surface area contributed by atoms with Crippen molar-refractivity contribution in [3.05, 3.63) is 70.9 Å². The van der Waals surface area contributed by atoms with Crippen LogP contribution in [0.15, 0.2) is 48.7 Å². The molecule has 0 bridgehead atoms. The van der Waals surface area contributed by atoms with Crippen molar-refractivity contribution in [2.45, 2.75) is 27.7 Å². The van der Waals surface area contributed by atoms with E-state index >= 15 is 0 Å². The van der Waals surface area contributed by atoms with Crippen LogP contribution >= 0.6 is 0 Å². The standard InChI is InChI=1S/C22H23N2/c1-14-10-11-23(5)21(12-14)24-20-9-7-6-8-18(20)19-13-15(2)16(3)17(4)22(19)24/h6-13H,1-5H3/q+1. The summed E-state index contributed by atoms with van der Waals surface area (Å²) in [7, 11) is 2.12. The van der Waals surface area contributed by atoms with Gasteiger partial charge in [0.05, 0.1) is 13.2 Å². The van der Waals surface area contributed by atoms with Crippen molar-refractivity contribution in [1.82, 2.24) is 4.57 Å². The van der Waals surface area contributed by atoms with E-state index in [4.69, 9.17) is 0 Å². The lowest BCUT2D eigenvalue weighted by atomic mass is 10.00. The summed E-state index contributed by atoms with van der Waals surface area (Å²) < 4.78 is 4.62. The van der Waals surface area contributed by atoms with Crippen molar-refractivity contribution in [3.63, 3.8) is 0 Å². The Bertz CT molecular complexity index is 1100. The number of pyridine rings is 1. The fourth-order valence-electron chi connectivity index (χ4n) is 3.70. The molecule has 0 fully saturated rings. The van der Waals surface area contributed by atoms with Crippen molar-refractivity contribution >= 4 is 21.8 Å². The molecule has 0 saturated heterocycles. The highest BCUT2D eigenvalue weighted by molar-refractivity contribution is 6.10. The second-order valence-corrected chi connectivity index (χ2v) is 6.87. The quantitative estimate of drug-likeness (QED) is 0.444. The predicted octanol–water partition coefficient (Wildman–Crippen LogP) is 4.84. The molecule has 0 spiro atoms. The maximum absolute atomic E-state index is 2.42. The molecule has 0 aliphatic heterocycles. The van der Waals surface area contributed by atoms with Crippen LogP contribution < -0.4 is 4.57 Å². The molecule has 120 valence electrons. The fraction of sp³-hybridized carbons (Fsp3) is 0.227. The van der Waals surface area contributed by atoms with Gasteiger partial charge in [-0.25, -0.2) is 4.57 Å². The van der Waals surface area contributed by atoms with Crippen LogP contribution in [0.3, 0.4) is 0 Å². The molecule has 0 amide bonds. The minimum absolute atomic E-state index is 1.20. The highest BCUT2D eigenvalue weighted by atomic mass is 15.1. The zero-order valence-corrected chi connectivity index (χ0v) is 15.0. The number of hydrogen-bond donors (Lipinski definition) is 0. The molecule has 0 N–H and O–H groups in total. The van der Waals surface area contributed by atoms with Crippen LogP contribution in [0.4, 0.5) is 0 Å². The minimum atomic E-state index is 1.20. The van der Waals surface area contributed by atoms with Gasteiger partial charge in [-0.3, -0.25) is 0 Å². The Hall–Kier alpha value is -2.61. The third-order valence-electron chi connectivity index (χ3n) is 5.29. The molecule has 2 aromatic heterocycles. The second-order valence-electron chi connectivity index (χ2n) is 6.87.